The zero-order chi connectivity index (χ0) is 10.0. The average molecular weight is 185 g/mol. The van der Waals surface area contributed by atoms with E-state index in [1.54, 1.807) is 6.92 Å². The van der Waals surface area contributed by atoms with Crippen LogP contribution in [0.5, 0.6) is 0 Å². The van der Waals surface area contributed by atoms with Crippen LogP contribution in [0, 0.1) is 6.92 Å². The molecule has 0 aliphatic carbocycles. The Morgan fingerprint density at radius 1 is 1.62 bits per heavy atom. The fraction of sp³-hybridized carbons (Fsp3) is 0.500. The third kappa shape index (κ3) is 2.28. The van der Waals surface area contributed by atoms with Crippen molar-refractivity contribution >= 4 is 12.7 Å². The van der Waals surface area contributed by atoms with Crippen LogP contribution in [0.25, 0.3) is 0 Å². The summed E-state index contributed by atoms with van der Waals surface area (Å²) in [5.41, 5.74) is 6.51. The Labute approximate surface area is 75.5 Å². The van der Waals surface area contributed by atoms with Crippen molar-refractivity contribution in [3.05, 3.63) is 11.3 Å². The second-order valence-electron chi connectivity index (χ2n) is 2.85. The van der Waals surface area contributed by atoms with E-state index >= 15 is 0 Å². The Bertz CT molecular complexity index is 287. The molecule has 0 aliphatic rings. The highest BCUT2D eigenvalue weighted by molar-refractivity contribution is 6.58. The molecule has 1 heterocycles. The van der Waals surface area contributed by atoms with Gasteiger partial charge in [0.2, 0.25) is 0 Å². The lowest BCUT2D eigenvalue weighted by molar-refractivity contribution is 0.183. The minimum Gasteiger partial charge on any atom is -0.422 e. The fourth-order valence-electron chi connectivity index (χ4n) is 1.15. The molecule has 0 amide bonds. The molecule has 0 aliphatic heterocycles. The summed E-state index contributed by atoms with van der Waals surface area (Å²) in [4.78, 5) is 0. The first-order valence-electron chi connectivity index (χ1n) is 3.86. The Kier molecular flexibility index (Phi) is 3.05. The molecule has 0 saturated carbocycles. The van der Waals surface area contributed by atoms with E-state index in [4.69, 9.17) is 20.9 Å². The normalized spacial score (nSPS) is 13.0. The van der Waals surface area contributed by atoms with Crippen LogP contribution in [0.2, 0.25) is 0 Å². The number of aliphatic hydroxyl groups excluding tert-OH is 1. The number of H-pyrrole nitrogens is 1. The maximum atomic E-state index is 8.93. The summed E-state index contributed by atoms with van der Waals surface area (Å²) in [5, 5.41) is 33.0. The molecule has 0 spiro atoms. The molecule has 6 nitrogen and oxygen atoms in total. The lowest BCUT2D eigenvalue weighted by Crippen LogP contribution is -2.36. The van der Waals surface area contributed by atoms with Crippen molar-refractivity contribution in [1.82, 2.24) is 10.2 Å². The first kappa shape index (κ1) is 10.2. The largest absolute Gasteiger partial charge is 0.507 e. The third-order valence-electron chi connectivity index (χ3n) is 1.78. The molecule has 0 fully saturated rings. The van der Waals surface area contributed by atoms with Crippen LogP contribution in [0.1, 0.15) is 11.3 Å². The van der Waals surface area contributed by atoms with E-state index in [1.165, 1.54) is 0 Å². The lowest BCUT2D eigenvalue weighted by Gasteiger charge is -2.05. The summed E-state index contributed by atoms with van der Waals surface area (Å²) >= 11 is 0. The molecule has 1 unspecified atom stereocenters. The highest BCUT2D eigenvalue weighted by Crippen LogP contribution is 2.02. The minimum absolute atomic E-state index is 0.148. The number of rotatable bonds is 3. The van der Waals surface area contributed by atoms with Crippen molar-refractivity contribution in [2.75, 3.05) is 0 Å². The smallest absolute Gasteiger partial charge is 0.422 e. The fourth-order valence-corrected chi connectivity index (χ4v) is 1.15. The van der Waals surface area contributed by atoms with Gasteiger partial charge in [0.1, 0.15) is 6.23 Å². The van der Waals surface area contributed by atoms with Gasteiger partial charge in [-0.05, 0) is 12.5 Å². The number of aromatic nitrogens is 2. The number of nitrogens with two attached hydrogens (primary N) is 1. The van der Waals surface area contributed by atoms with Gasteiger partial charge in [-0.1, -0.05) is 0 Å². The van der Waals surface area contributed by atoms with Crippen molar-refractivity contribution < 1.29 is 15.2 Å². The van der Waals surface area contributed by atoms with Crippen LogP contribution in [0.3, 0.4) is 0 Å². The quantitative estimate of drug-likeness (QED) is 0.258. The monoisotopic (exact) mass is 185 g/mol. The number of aliphatic hydroxyl groups is 1. The van der Waals surface area contributed by atoms with Gasteiger partial charge >= 0.3 is 7.12 Å². The molecule has 0 aromatic carbocycles. The number of aryl methyl sites for hydroxylation is 1. The molecule has 7 heteroatoms. The molecule has 1 aromatic heterocycles. The first-order valence-corrected chi connectivity index (χ1v) is 3.86. The van der Waals surface area contributed by atoms with E-state index in [-0.39, 0.29) is 12.0 Å². The van der Waals surface area contributed by atoms with Gasteiger partial charge in [-0.3, -0.25) is 5.10 Å². The van der Waals surface area contributed by atoms with Gasteiger partial charge in [0, 0.05) is 6.42 Å². The zero-order valence-electron chi connectivity index (χ0n) is 7.23. The van der Waals surface area contributed by atoms with Gasteiger partial charge in [0.15, 0.2) is 0 Å². The van der Waals surface area contributed by atoms with Gasteiger partial charge in [-0.2, -0.15) is 5.10 Å². The van der Waals surface area contributed by atoms with Gasteiger partial charge in [-0.15, -0.1) is 0 Å². The summed E-state index contributed by atoms with van der Waals surface area (Å²) in [5.74, 6) is 0. The lowest BCUT2D eigenvalue weighted by atomic mass is 9.81. The van der Waals surface area contributed by atoms with Gasteiger partial charge in [-0.25, -0.2) is 0 Å². The van der Waals surface area contributed by atoms with Crippen LogP contribution < -0.4 is 11.3 Å². The third-order valence-corrected chi connectivity index (χ3v) is 1.78. The molecule has 0 radical (unpaired) electrons. The predicted molar refractivity (Wildman–Crippen MR) is 47.0 cm³/mol. The van der Waals surface area contributed by atoms with Crippen LogP contribution >= 0.6 is 0 Å². The van der Waals surface area contributed by atoms with Gasteiger partial charge in [0.05, 0.1) is 11.3 Å². The Balaban J connectivity index is 2.94. The summed E-state index contributed by atoms with van der Waals surface area (Å²) < 4.78 is 0. The number of nitrogens with one attached hydrogen (secondary N) is 1. The summed E-state index contributed by atoms with van der Waals surface area (Å²) in [6.45, 7) is 1.69. The van der Waals surface area contributed by atoms with E-state index in [2.05, 4.69) is 10.2 Å². The summed E-state index contributed by atoms with van der Waals surface area (Å²) in [7, 11) is -1.62. The SMILES string of the molecule is Cc1n[nH]c(B(O)O)c1CC(N)O. The van der Waals surface area contributed by atoms with Crippen molar-refractivity contribution in [3.8, 4) is 0 Å². The predicted octanol–water partition coefficient (Wildman–Crippen LogP) is -2.78. The van der Waals surface area contributed by atoms with Crippen molar-refractivity contribution in [1.29, 1.82) is 0 Å². The average Bonchev–Trinajstić information content (AvgIpc) is 2.32. The maximum Gasteiger partial charge on any atom is 0.507 e. The van der Waals surface area contributed by atoms with Gasteiger partial charge < -0.3 is 20.9 Å². The number of nitrogens with zero attached hydrogens (tertiary/aromatic N) is 1. The number of hydrogen-bond donors (Lipinski definition) is 5. The van der Waals surface area contributed by atoms with Gasteiger partial charge in [0.25, 0.3) is 0 Å². The zero-order valence-corrected chi connectivity index (χ0v) is 7.23. The second kappa shape index (κ2) is 3.88. The maximum absolute atomic E-state index is 8.93. The molecule has 1 atom stereocenters. The van der Waals surface area contributed by atoms with E-state index in [0.29, 0.717) is 11.3 Å². The van der Waals surface area contributed by atoms with Crippen LogP contribution in [0.15, 0.2) is 0 Å². The molecule has 0 saturated heterocycles. The Hall–Kier alpha value is -0.885. The molecule has 72 valence electrons. The standard InChI is InChI=1S/C6H12BN3O3/c1-3-4(2-5(8)11)6(7(12)13)10-9-3/h5,11-13H,2,8H2,1H3,(H,9,10). The molecular formula is C6H12BN3O3. The summed E-state index contributed by atoms with van der Waals surface area (Å²) in [6, 6.07) is 0. The van der Waals surface area contributed by atoms with Crippen LogP contribution in [0.4, 0.5) is 0 Å². The van der Waals surface area contributed by atoms with Crippen molar-refractivity contribution in [2.45, 2.75) is 19.6 Å². The molecule has 1 rings (SSSR count). The molecule has 0 bridgehead atoms. The molecule has 13 heavy (non-hydrogen) atoms. The number of aromatic amines is 1. The number of hydrogen-bond acceptors (Lipinski definition) is 5. The van der Waals surface area contributed by atoms with Crippen molar-refractivity contribution in [3.63, 3.8) is 0 Å². The van der Waals surface area contributed by atoms with Crippen molar-refractivity contribution in [2.24, 2.45) is 5.73 Å². The van der Waals surface area contributed by atoms with Crippen LogP contribution in [-0.4, -0.2) is 38.7 Å². The van der Waals surface area contributed by atoms with E-state index in [1.807, 2.05) is 0 Å². The molecule has 6 N–H and O–H groups in total. The highest BCUT2D eigenvalue weighted by atomic mass is 16.4. The minimum atomic E-state index is -1.62. The molecule has 1 aromatic rings. The topological polar surface area (TPSA) is 115 Å². The van der Waals surface area contributed by atoms with E-state index in [0.717, 1.165) is 0 Å². The molecular weight excluding hydrogens is 173 g/mol. The second-order valence-corrected chi connectivity index (χ2v) is 2.85. The van der Waals surface area contributed by atoms with E-state index < -0.39 is 13.3 Å². The highest BCUT2D eigenvalue weighted by Gasteiger charge is 2.21. The Morgan fingerprint density at radius 2 is 2.23 bits per heavy atom. The first-order chi connectivity index (χ1) is 6.02. The van der Waals surface area contributed by atoms with Crippen LogP contribution in [-0.2, 0) is 6.42 Å². The van der Waals surface area contributed by atoms with E-state index in [9.17, 15) is 0 Å². The summed E-state index contributed by atoms with van der Waals surface area (Å²) in [6.07, 6.45) is -0.872. The Morgan fingerprint density at radius 3 is 2.69 bits per heavy atom.